The topological polar surface area (TPSA) is 81.2 Å². The van der Waals surface area contributed by atoms with E-state index in [9.17, 15) is 4.79 Å². The van der Waals surface area contributed by atoms with Gasteiger partial charge in [0.25, 0.3) is 0 Å². The van der Waals surface area contributed by atoms with Crippen molar-refractivity contribution in [1.82, 2.24) is 10.6 Å². The molecule has 0 saturated heterocycles. The van der Waals surface area contributed by atoms with Crippen molar-refractivity contribution in [3.05, 3.63) is 24.3 Å². The second kappa shape index (κ2) is 13.5. The summed E-state index contributed by atoms with van der Waals surface area (Å²) in [5.41, 5.74) is 0. The number of benzene rings is 1. The molecular weight excluding hydrogens is 485 g/mol. The van der Waals surface area contributed by atoms with Gasteiger partial charge in [0.1, 0.15) is 6.10 Å². The number of halogens is 1. The van der Waals surface area contributed by atoms with Gasteiger partial charge in [-0.1, -0.05) is 12.1 Å². The summed E-state index contributed by atoms with van der Waals surface area (Å²) in [4.78, 5) is 16.2. The fourth-order valence-electron chi connectivity index (χ4n) is 3.34. The molecule has 1 atom stereocenters. The highest BCUT2D eigenvalue weighted by atomic mass is 127. The van der Waals surface area contributed by atoms with Gasteiger partial charge in [0, 0.05) is 13.1 Å². The molecule has 1 aromatic carbocycles. The number of methoxy groups -OCH3 is 1. The van der Waals surface area contributed by atoms with Crippen LogP contribution in [-0.4, -0.2) is 51.4 Å². The second-order valence-corrected chi connectivity index (χ2v) is 6.98. The predicted molar refractivity (Wildman–Crippen MR) is 125 cm³/mol. The fraction of sp³-hybridized carbons (Fsp3) is 0.619. The molecule has 1 saturated carbocycles. The molecule has 0 radical (unpaired) electrons. The van der Waals surface area contributed by atoms with Crippen LogP contribution in [0.3, 0.4) is 0 Å². The van der Waals surface area contributed by atoms with E-state index in [1.54, 1.807) is 14.2 Å². The molecule has 0 amide bonds. The van der Waals surface area contributed by atoms with Gasteiger partial charge >= 0.3 is 5.97 Å². The van der Waals surface area contributed by atoms with E-state index in [1.807, 2.05) is 38.1 Å². The molecule has 1 fully saturated rings. The maximum Gasteiger partial charge on any atom is 0.308 e. The smallest absolute Gasteiger partial charge is 0.308 e. The molecule has 1 aromatic rings. The summed E-state index contributed by atoms with van der Waals surface area (Å²) in [6.07, 6.45) is 3.49. The zero-order valence-electron chi connectivity index (χ0n) is 17.8. The average molecular weight is 519 g/mol. The number of rotatable bonds is 8. The van der Waals surface area contributed by atoms with E-state index in [1.165, 1.54) is 0 Å². The molecule has 0 bridgehead atoms. The van der Waals surface area contributed by atoms with E-state index in [2.05, 4.69) is 15.6 Å². The fourth-order valence-corrected chi connectivity index (χ4v) is 3.34. The number of carbonyl (C=O) groups is 1. The van der Waals surface area contributed by atoms with Gasteiger partial charge in [-0.15, -0.1) is 24.0 Å². The number of hydrogen-bond donors (Lipinski definition) is 2. The minimum absolute atomic E-state index is 0. The third-order valence-corrected chi connectivity index (χ3v) is 4.87. The molecule has 8 heteroatoms. The van der Waals surface area contributed by atoms with Gasteiger partial charge in [-0.2, -0.15) is 0 Å². The van der Waals surface area contributed by atoms with Gasteiger partial charge in [0.15, 0.2) is 17.5 Å². The molecule has 1 aliphatic rings. The summed E-state index contributed by atoms with van der Waals surface area (Å²) in [7, 11) is 3.39. The summed E-state index contributed by atoms with van der Waals surface area (Å²) in [6, 6.07) is 7.91. The van der Waals surface area contributed by atoms with Crippen molar-refractivity contribution in [2.75, 3.05) is 27.3 Å². The van der Waals surface area contributed by atoms with Crippen molar-refractivity contribution in [2.24, 2.45) is 10.9 Å². The van der Waals surface area contributed by atoms with Gasteiger partial charge in [-0.3, -0.25) is 9.79 Å². The normalized spacial score (nSPS) is 20.1. The van der Waals surface area contributed by atoms with Crippen LogP contribution in [0.4, 0.5) is 0 Å². The highest BCUT2D eigenvalue weighted by molar-refractivity contribution is 14.0. The van der Waals surface area contributed by atoms with Crippen LogP contribution in [0, 0.1) is 5.92 Å². The molecule has 7 nitrogen and oxygen atoms in total. The van der Waals surface area contributed by atoms with Crippen LogP contribution in [0.2, 0.25) is 0 Å². The van der Waals surface area contributed by atoms with Gasteiger partial charge in [-0.05, 0) is 51.7 Å². The highest BCUT2D eigenvalue weighted by Crippen LogP contribution is 2.27. The van der Waals surface area contributed by atoms with Gasteiger partial charge in [0.05, 0.1) is 26.2 Å². The first-order valence-electron chi connectivity index (χ1n) is 10.0. The standard InChI is InChI=1S/C21H33N3O4.HI/c1-5-27-20(25)16-10-12-17(13-11-16)24-21(22-3)23-14-15(2)28-19-9-7-6-8-18(19)26-4;/h6-9,15-17H,5,10-14H2,1-4H3,(H2,22,23,24);1H. The number of carbonyl (C=O) groups excluding carboxylic acids is 1. The number of esters is 1. The minimum atomic E-state index is -0.0641. The SMILES string of the molecule is CCOC(=O)C1CCC(NC(=NC)NCC(C)Oc2ccccc2OC)CC1.I. The highest BCUT2D eigenvalue weighted by Gasteiger charge is 2.27. The molecule has 1 aliphatic carbocycles. The van der Waals surface area contributed by atoms with E-state index in [-0.39, 0.29) is 42.0 Å². The van der Waals surface area contributed by atoms with Crippen molar-refractivity contribution in [3.8, 4) is 11.5 Å². The molecular formula is C21H34IN3O4. The van der Waals surface area contributed by atoms with E-state index in [0.29, 0.717) is 19.2 Å². The number of nitrogens with one attached hydrogen (secondary N) is 2. The Bertz CT molecular complexity index is 649. The minimum Gasteiger partial charge on any atom is -0.493 e. The van der Waals surface area contributed by atoms with Gasteiger partial charge < -0.3 is 24.8 Å². The lowest BCUT2D eigenvalue weighted by Gasteiger charge is -2.29. The molecule has 0 aliphatic heterocycles. The van der Waals surface area contributed by atoms with Crippen molar-refractivity contribution in [2.45, 2.75) is 51.7 Å². The predicted octanol–water partition coefficient (Wildman–Crippen LogP) is 3.37. The number of aliphatic imine (C=N–C) groups is 1. The zero-order chi connectivity index (χ0) is 20.4. The van der Waals surface area contributed by atoms with Crippen LogP contribution in [0.1, 0.15) is 39.5 Å². The Hall–Kier alpha value is -1.71. The third kappa shape index (κ3) is 8.28. The summed E-state index contributed by atoms with van der Waals surface area (Å²) in [6.45, 7) is 4.90. The first-order valence-corrected chi connectivity index (χ1v) is 10.0. The van der Waals surface area contributed by atoms with Crippen molar-refractivity contribution < 1.29 is 19.0 Å². The molecule has 1 unspecified atom stereocenters. The van der Waals surface area contributed by atoms with Crippen LogP contribution < -0.4 is 20.1 Å². The maximum absolute atomic E-state index is 11.9. The quantitative estimate of drug-likeness (QED) is 0.237. The van der Waals surface area contributed by atoms with Crippen molar-refractivity contribution in [3.63, 3.8) is 0 Å². The number of hydrogen-bond acceptors (Lipinski definition) is 5. The third-order valence-electron chi connectivity index (χ3n) is 4.87. The lowest BCUT2D eigenvalue weighted by atomic mass is 9.86. The van der Waals surface area contributed by atoms with Gasteiger partial charge in [0.2, 0.25) is 0 Å². The molecule has 2 N–H and O–H groups in total. The summed E-state index contributed by atoms with van der Waals surface area (Å²) < 4.78 is 16.4. The summed E-state index contributed by atoms with van der Waals surface area (Å²) in [5.74, 6) is 2.15. The van der Waals surface area contributed by atoms with Crippen LogP contribution in [0.5, 0.6) is 11.5 Å². The molecule has 2 rings (SSSR count). The zero-order valence-corrected chi connectivity index (χ0v) is 20.1. The van der Waals surface area contributed by atoms with Crippen LogP contribution in [0.25, 0.3) is 0 Å². The number of guanidine groups is 1. The summed E-state index contributed by atoms with van der Waals surface area (Å²) in [5, 5.41) is 6.76. The average Bonchev–Trinajstić information content (AvgIpc) is 2.72. The molecule has 0 aromatic heterocycles. The van der Waals surface area contributed by atoms with E-state index in [0.717, 1.165) is 43.1 Å². The molecule has 29 heavy (non-hydrogen) atoms. The number of nitrogens with zero attached hydrogens (tertiary/aromatic N) is 1. The maximum atomic E-state index is 11.9. The molecule has 0 spiro atoms. The Morgan fingerprint density at radius 3 is 2.45 bits per heavy atom. The number of ether oxygens (including phenoxy) is 3. The molecule has 164 valence electrons. The Labute approximate surface area is 191 Å². The van der Waals surface area contributed by atoms with E-state index in [4.69, 9.17) is 14.2 Å². The second-order valence-electron chi connectivity index (χ2n) is 6.98. The van der Waals surface area contributed by atoms with E-state index < -0.39 is 0 Å². The number of para-hydroxylation sites is 2. The van der Waals surface area contributed by atoms with Crippen LogP contribution in [-0.2, 0) is 9.53 Å². The Morgan fingerprint density at radius 2 is 1.86 bits per heavy atom. The lowest BCUT2D eigenvalue weighted by Crippen LogP contribution is -2.47. The van der Waals surface area contributed by atoms with E-state index >= 15 is 0 Å². The van der Waals surface area contributed by atoms with Crippen LogP contribution >= 0.6 is 24.0 Å². The van der Waals surface area contributed by atoms with Crippen LogP contribution in [0.15, 0.2) is 29.3 Å². The van der Waals surface area contributed by atoms with Gasteiger partial charge in [-0.25, -0.2) is 0 Å². The first kappa shape index (κ1) is 25.3. The van der Waals surface area contributed by atoms with Crippen molar-refractivity contribution in [1.29, 1.82) is 0 Å². The molecule has 0 heterocycles. The summed E-state index contributed by atoms with van der Waals surface area (Å²) >= 11 is 0. The first-order chi connectivity index (χ1) is 13.6. The largest absolute Gasteiger partial charge is 0.493 e. The Kier molecular flexibility index (Phi) is 11.8. The Morgan fingerprint density at radius 1 is 1.21 bits per heavy atom. The van der Waals surface area contributed by atoms with Crippen molar-refractivity contribution >= 4 is 35.9 Å². The Balaban J connectivity index is 0.00000420. The monoisotopic (exact) mass is 519 g/mol. The lowest BCUT2D eigenvalue weighted by molar-refractivity contribution is -0.149.